The Hall–Kier alpha value is -2.29. The second-order valence-corrected chi connectivity index (χ2v) is 11.1. The average Bonchev–Trinajstić information content (AvgIpc) is 3.00. The molecule has 33 heavy (non-hydrogen) atoms. The van der Waals surface area contributed by atoms with Gasteiger partial charge in [-0.15, -0.1) is 0 Å². The molecule has 1 aromatic heterocycles. The Morgan fingerprint density at radius 1 is 1.18 bits per heavy atom. The Morgan fingerprint density at radius 3 is 2.52 bits per heavy atom. The van der Waals surface area contributed by atoms with Gasteiger partial charge in [-0.3, -0.25) is 4.79 Å². The van der Waals surface area contributed by atoms with Gasteiger partial charge in [0, 0.05) is 18.2 Å². The number of carbonyl (C=O) groups excluding carboxylic acids is 1. The molecule has 0 N–H and O–H groups in total. The van der Waals surface area contributed by atoms with E-state index in [0.717, 1.165) is 37.1 Å². The lowest BCUT2D eigenvalue weighted by atomic mass is 9.65. The molecule has 1 aliphatic heterocycles. The Labute approximate surface area is 196 Å². The van der Waals surface area contributed by atoms with Gasteiger partial charge in [-0.05, 0) is 60.4 Å². The largest absolute Gasteiger partial charge is 0.497 e. The van der Waals surface area contributed by atoms with Crippen LogP contribution in [-0.4, -0.2) is 46.2 Å². The van der Waals surface area contributed by atoms with Crippen LogP contribution in [0.5, 0.6) is 5.75 Å². The number of halogens is 3. The van der Waals surface area contributed by atoms with E-state index in [9.17, 15) is 18.0 Å². The zero-order valence-electron chi connectivity index (χ0n) is 19.2. The monoisotopic (exact) mass is 479 g/mol. The predicted octanol–water partition coefficient (Wildman–Crippen LogP) is 5.69. The number of ether oxygens (including phenoxy) is 1. The van der Waals surface area contributed by atoms with Crippen molar-refractivity contribution in [2.75, 3.05) is 19.4 Å². The van der Waals surface area contributed by atoms with Gasteiger partial charge in [0.05, 0.1) is 18.6 Å². The summed E-state index contributed by atoms with van der Waals surface area (Å²) in [4.78, 5) is 23.0. The molecular weight excluding hydrogens is 451 g/mol. The molecule has 1 saturated heterocycles. The number of methoxy groups -OCH3 is 1. The predicted molar refractivity (Wildman–Crippen MR) is 121 cm³/mol. The SMILES string of the molecule is COc1ccc(-c2cc(C(F)(F)F)nc(SCC(=O)N3C[C@]4(C)C[C@@H]3CC(C)(C)C4)n2)cc1. The van der Waals surface area contributed by atoms with Crippen LogP contribution in [0.1, 0.15) is 45.7 Å². The first-order valence-corrected chi connectivity index (χ1v) is 11.9. The van der Waals surface area contributed by atoms with E-state index in [4.69, 9.17) is 4.74 Å². The Bertz CT molecular complexity index is 1040. The lowest BCUT2D eigenvalue weighted by molar-refractivity contribution is -0.141. The second-order valence-electron chi connectivity index (χ2n) is 10.2. The molecule has 4 rings (SSSR count). The summed E-state index contributed by atoms with van der Waals surface area (Å²) >= 11 is 0.957. The number of amides is 1. The first kappa shape index (κ1) is 23.9. The summed E-state index contributed by atoms with van der Waals surface area (Å²) in [6, 6.07) is 7.73. The van der Waals surface area contributed by atoms with E-state index in [2.05, 4.69) is 30.7 Å². The highest BCUT2D eigenvalue weighted by molar-refractivity contribution is 7.99. The van der Waals surface area contributed by atoms with Crippen molar-refractivity contribution in [1.82, 2.24) is 14.9 Å². The van der Waals surface area contributed by atoms with Crippen molar-refractivity contribution in [3.05, 3.63) is 36.0 Å². The van der Waals surface area contributed by atoms with Crippen molar-refractivity contribution in [3.63, 3.8) is 0 Å². The molecule has 9 heteroatoms. The number of fused-ring (bicyclic) bond motifs is 2. The van der Waals surface area contributed by atoms with Crippen LogP contribution in [0.15, 0.2) is 35.5 Å². The normalized spacial score (nSPS) is 24.1. The smallest absolute Gasteiger partial charge is 0.433 e. The van der Waals surface area contributed by atoms with Crippen molar-refractivity contribution in [3.8, 4) is 17.0 Å². The van der Waals surface area contributed by atoms with Gasteiger partial charge in [0.2, 0.25) is 5.91 Å². The van der Waals surface area contributed by atoms with Gasteiger partial charge in [0.1, 0.15) is 11.4 Å². The third-order valence-corrected chi connectivity index (χ3v) is 7.27. The molecule has 2 fully saturated rings. The summed E-state index contributed by atoms with van der Waals surface area (Å²) in [5, 5.41) is -0.0577. The van der Waals surface area contributed by atoms with Crippen LogP contribution in [0.4, 0.5) is 13.2 Å². The minimum atomic E-state index is -4.62. The second kappa shape index (κ2) is 8.49. The van der Waals surface area contributed by atoms with Crippen LogP contribution in [0.2, 0.25) is 0 Å². The van der Waals surface area contributed by atoms with E-state index < -0.39 is 11.9 Å². The fourth-order valence-electron chi connectivity index (χ4n) is 5.51. The zero-order chi connectivity index (χ0) is 24.0. The standard InChI is InChI=1S/C24H28F3N3O2S/c1-22(2)10-16-11-23(3,13-22)14-30(16)20(31)12-33-21-28-18(9-19(29-21)24(25,26)27)15-5-7-17(32-4)8-6-15/h5-9,16H,10-14H2,1-4H3/t16-,23+/m0/s1. The van der Waals surface area contributed by atoms with Crippen LogP contribution >= 0.6 is 11.8 Å². The maximum atomic E-state index is 13.5. The molecule has 1 saturated carbocycles. The highest BCUT2D eigenvalue weighted by atomic mass is 32.2. The molecule has 178 valence electrons. The summed E-state index contributed by atoms with van der Waals surface area (Å²) in [6.07, 6.45) is -1.62. The summed E-state index contributed by atoms with van der Waals surface area (Å²) in [7, 11) is 1.52. The first-order chi connectivity index (χ1) is 15.4. The van der Waals surface area contributed by atoms with Crippen LogP contribution in [0.25, 0.3) is 11.3 Å². The van der Waals surface area contributed by atoms with Crippen molar-refractivity contribution in [1.29, 1.82) is 0 Å². The topological polar surface area (TPSA) is 55.3 Å². The molecule has 1 aliphatic carbocycles. The van der Waals surface area contributed by atoms with E-state index in [0.29, 0.717) is 17.9 Å². The van der Waals surface area contributed by atoms with E-state index in [1.54, 1.807) is 24.3 Å². The molecule has 2 aromatic rings. The molecule has 2 atom stereocenters. The molecule has 2 heterocycles. The molecule has 5 nitrogen and oxygen atoms in total. The fraction of sp³-hybridized carbons (Fsp3) is 0.542. The average molecular weight is 480 g/mol. The van der Waals surface area contributed by atoms with Gasteiger partial charge in [-0.1, -0.05) is 32.5 Å². The third kappa shape index (κ3) is 5.28. The van der Waals surface area contributed by atoms with Crippen molar-refractivity contribution >= 4 is 17.7 Å². The summed E-state index contributed by atoms with van der Waals surface area (Å²) < 4.78 is 45.6. The maximum Gasteiger partial charge on any atom is 0.433 e. The number of carbonyl (C=O) groups is 1. The van der Waals surface area contributed by atoms with Crippen molar-refractivity contribution < 1.29 is 22.7 Å². The number of nitrogens with zero attached hydrogens (tertiary/aromatic N) is 3. The quantitative estimate of drug-likeness (QED) is 0.407. The van der Waals surface area contributed by atoms with Crippen molar-refractivity contribution in [2.24, 2.45) is 10.8 Å². The minimum absolute atomic E-state index is 0.0103. The molecular formula is C24H28F3N3O2S. The number of benzene rings is 1. The van der Waals surface area contributed by atoms with Gasteiger partial charge in [0.25, 0.3) is 0 Å². The van der Waals surface area contributed by atoms with Gasteiger partial charge in [-0.2, -0.15) is 13.2 Å². The molecule has 2 bridgehead atoms. The highest BCUT2D eigenvalue weighted by Gasteiger charge is 2.50. The molecule has 1 aromatic carbocycles. The number of likely N-dealkylation sites (tertiary alicyclic amines) is 1. The van der Waals surface area contributed by atoms with E-state index in [1.165, 1.54) is 7.11 Å². The number of aromatic nitrogens is 2. The highest BCUT2D eigenvalue weighted by Crippen LogP contribution is 2.52. The minimum Gasteiger partial charge on any atom is -0.497 e. The summed E-state index contributed by atoms with van der Waals surface area (Å²) in [5.41, 5.74) is -0.0794. The number of hydrogen-bond acceptors (Lipinski definition) is 5. The summed E-state index contributed by atoms with van der Waals surface area (Å²) in [5.74, 6) is 0.534. The Morgan fingerprint density at radius 2 is 1.88 bits per heavy atom. The van der Waals surface area contributed by atoms with Gasteiger partial charge >= 0.3 is 6.18 Å². The third-order valence-electron chi connectivity index (χ3n) is 6.44. The number of alkyl halides is 3. The fourth-order valence-corrected chi connectivity index (χ4v) is 6.25. The lowest BCUT2D eigenvalue weighted by Crippen LogP contribution is -2.38. The van der Waals surface area contributed by atoms with Crippen LogP contribution in [0.3, 0.4) is 0 Å². The van der Waals surface area contributed by atoms with Gasteiger partial charge in [0.15, 0.2) is 5.16 Å². The molecule has 0 unspecified atom stereocenters. The van der Waals surface area contributed by atoms with E-state index >= 15 is 0 Å². The molecule has 0 spiro atoms. The first-order valence-electron chi connectivity index (χ1n) is 10.9. The van der Waals surface area contributed by atoms with Crippen LogP contribution in [-0.2, 0) is 11.0 Å². The van der Waals surface area contributed by atoms with E-state index in [1.807, 2.05) is 4.90 Å². The van der Waals surface area contributed by atoms with Gasteiger partial charge < -0.3 is 9.64 Å². The van der Waals surface area contributed by atoms with E-state index in [-0.39, 0.29) is 39.4 Å². The Balaban J connectivity index is 1.53. The molecule has 2 aliphatic rings. The number of hydrogen-bond donors (Lipinski definition) is 0. The number of rotatable bonds is 5. The maximum absolute atomic E-state index is 13.5. The van der Waals surface area contributed by atoms with Gasteiger partial charge in [-0.25, -0.2) is 9.97 Å². The Kier molecular flexibility index (Phi) is 6.14. The lowest BCUT2D eigenvalue weighted by Gasteiger charge is -2.39. The van der Waals surface area contributed by atoms with Crippen molar-refractivity contribution in [2.45, 2.75) is 57.4 Å². The molecule has 1 amide bonds. The van der Waals surface area contributed by atoms with Crippen LogP contribution < -0.4 is 4.74 Å². The number of thioether (sulfide) groups is 1. The van der Waals surface area contributed by atoms with Crippen LogP contribution in [0, 0.1) is 10.8 Å². The zero-order valence-corrected chi connectivity index (χ0v) is 20.0. The summed E-state index contributed by atoms with van der Waals surface area (Å²) in [6.45, 7) is 7.38. The molecule has 0 radical (unpaired) electrons.